The van der Waals surface area contributed by atoms with Gasteiger partial charge in [0.15, 0.2) is 5.11 Å². The van der Waals surface area contributed by atoms with Crippen LogP contribution in [0.5, 0.6) is 11.5 Å². The number of thiocarbonyl (C=S) groups is 1. The highest BCUT2D eigenvalue weighted by atomic mass is 32.1. The molecule has 0 aliphatic rings. The molecule has 0 saturated carbocycles. The Hall–Kier alpha value is -2.60. The Labute approximate surface area is 146 Å². The van der Waals surface area contributed by atoms with Crippen molar-refractivity contribution in [2.75, 3.05) is 11.9 Å². The van der Waals surface area contributed by atoms with Gasteiger partial charge in [-0.3, -0.25) is 10.1 Å². The van der Waals surface area contributed by atoms with E-state index in [0.717, 1.165) is 5.75 Å². The molecule has 2 aromatic carbocycles. The molecule has 0 spiro atoms. The van der Waals surface area contributed by atoms with Crippen molar-refractivity contribution >= 4 is 28.9 Å². The highest BCUT2D eigenvalue weighted by Gasteiger charge is 2.08. The Morgan fingerprint density at radius 1 is 1.12 bits per heavy atom. The van der Waals surface area contributed by atoms with Crippen molar-refractivity contribution in [3.8, 4) is 11.5 Å². The van der Waals surface area contributed by atoms with Crippen molar-refractivity contribution in [2.24, 2.45) is 5.92 Å². The van der Waals surface area contributed by atoms with Crippen molar-refractivity contribution in [3.05, 3.63) is 54.1 Å². The third-order valence-electron chi connectivity index (χ3n) is 3.05. The number of hydrogen-bond donors (Lipinski definition) is 3. The number of phenolic OH excluding ortho intramolecular Hbond substituents is 1. The van der Waals surface area contributed by atoms with Crippen molar-refractivity contribution in [2.45, 2.75) is 13.8 Å². The van der Waals surface area contributed by atoms with E-state index in [2.05, 4.69) is 24.5 Å². The lowest BCUT2D eigenvalue weighted by atomic mass is 10.2. The zero-order valence-electron chi connectivity index (χ0n) is 13.6. The Balaban J connectivity index is 1.89. The molecular weight excluding hydrogens is 324 g/mol. The third kappa shape index (κ3) is 5.55. The molecule has 2 rings (SSSR count). The SMILES string of the molecule is CC(C)COc1ccc(C(=O)NC(=S)Nc2ccc(O)cc2)cc1. The summed E-state index contributed by atoms with van der Waals surface area (Å²) in [6, 6.07) is 13.3. The van der Waals surface area contributed by atoms with Crippen molar-refractivity contribution < 1.29 is 14.6 Å². The first-order valence-corrected chi connectivity index (χ1v) is 7.99. The van der Waals surface area contributed by atoms with Gasteiger partial charge in [0, 0.05) is 11.3 Å². The molecule has 0 saturated heterocycles. The molecule has 24 heavy (non-hydrogen) atoms. The summed E-state index contributed by atoms with van der Waals surface area (Å²) in [7, 11) is 0. The van der Waals surface area contributed by atoms with Gasteiger partial charge in [0.05, 0.1) is 6.61 Å². The average Bonchev–Trinajstić information content (AvgIpc) is 2.55. The molecule has 0 aliphatic heterocycles. The van der Waals surface area contributed by atoms with Crippen LogP contribution >= 0.6 is 12.2 Å². The molecule has 0 bridgehead atoms. The number of carbonyl (C=O) groups excluding carboxylic acids is 1. The van der Waals surface area contributed by atoms with Gasteiger partial charge in [0.1, 0.15) is 11.5 Å². The van der Waals surface area contributed by atoms with Crippen LogP contribution in [0.1, 0.15) is 24.2 Å². The van der Waals surface area contributed by atoms with Gasteiger partial charge in [-0.1, -0.05) is 13.8 Å². The van der Waals surface area contributed by atoms with E-state index in [1.165, 1.54) is 12.1 Å². The van der Waals surface area contributed by atoms with Gasteiger partial charge in [0.2, 0.25) is 0 Å². The Morgan fingerprint density at radius 2 is 1.75 bits per heavy atom. The number of rotatable bonds is 5. The number of phenols is 1. The van der Waals surface area contributed by atoms with Gasteiger partial charge in [-0.05, 0) is 66.7 Å². The summed E-state index contributed by atoms with van der Waals surface area (Å²) in [5.74, 6) is 1.03. The van der Waals surface area contributed by atoms with E-state index in [4.69, 9.17) is 17.0 Å². The van der Waals surface area contributed by atoms with Gasteiger partial charge in [-0.15, -0.1) is 0 Å². The highest BCUT2D eigenvalue weighted by molar-refractivity contribution is 7.80. The monoisotopic (exact) mass is 344 g/mol. The minimum absolute atomic E-state index is 0.162. The van der Waals surface area contributed by atoms with Crippen LogP contribution < -0.4 is 15.4 Å². The van der Waals surface area contributed by atoms with Crippen LogP contribution in [-0.4, -0.2) is 22.7 Å². The maximum Gasteiger partial charge on any atom is 0.257 e. The second kappa shape index (κ2) is 8.31. The van der Waals surface area contributed by atoms with E-state index < -0.39 is 0 Å². The molecule has 1 amide bonds. The number of benzene rings is 2. The fraction of sp³-hybridized carbons (Fsp3) is 0.222. The molecule has 0 radical (unpaired) electrons. The lowest BCUT2D eigenvalue weighted by Gasteiger charge is -2.11. The molecule has 5 nitrogen and oxygen atoms in total. The number of anilines is 1. The molecular formula is C18H20N2O3S. The van der Waals surface area contributed by atoms with Crippen LogP contribution in [0.4, 0.5) is 5.69 Å². The van der Waals surface area contributed by atoms with Crippen molar-refractivity contribution in [3.63, 3.8) is 0 Å². The van der Waals surface area contributed by atoms with E-state index in [0.29, 0.717) is 23.8 Å². The molecule has 0 aliphatic carbocycles. The fourth-order valence-corrected chi connectivity index (χ4v) is 2.06. The van der Waals surface area contributed by atoms with Gasteiger partial charge in [-0.25, -0.2) is 0 Å². The van der Waals surface area contributed by atoms with E-state index in [9.17, 15) is 9.90 Å². The minimum atomic E-state index is -0.304. The van der Waals surface area contributed by atoms with Crippen LogP contribution in [0, 0.1) is 5.92 Å². The number of amides is 1. The Bertz CT molecular complexity index is 697. The molecule has 6 heteroatoms. The molecule has 0 unspecified atom stereocenters. The summed E-state index contributed by atoms with van der Waals surface area (Å²) in [6.07, 6.45) is 0. The largest absolute Gasteiger partial charge is 0.508 e. The zero-order valence-corrected chi connectivity index (χ0v) is 14.4. The fourth-order valence-electron chi connectivity index (χ4n) is 1.85. The number of aromatic hydroxyl groups is 1. The normalized spacial score (nSPS) is 10.3. The molecule has 0 fully saturated rings. The first-order chi connectivity index (χ1) is 11.4. The van der Waals surface area contributed by atoms with Crippen LogP contribution in [-0.2, 0) is 0 Å². The summed E-state index contributed by atoms with van der Waals surface area (Å²) >= 11 is 5.11. The third-order valence-corrected chi connectivity index (χ3v) is 3.26. The molecule has 0 heterocycles. The zero-order chi connectivity index (χ0) is 17.5. The van der Waals surface area contributed by atoms with Gasteiger partial charge >= 0.3 is 0 Å². The quantitative estimate of drug-likeness (QED) is 0.571. The highest BCUT2D eigenvalue weighted by Crippen LogP contribution is 2.15. The molecule has 2 aromatic rings. The molecule has 0 aromatic heterocycles. The van der Waals surface area contributed by atoms with E-state index >= 15 is 0 Å². The Morgan fingerprint density at radius 3 is 2.33 bits per heavy atom. The predicted octanol–water partition coefficient (Wildman–Crippen LogP) is 3.55. The second-order valence-corrected chi connectivity index (χ2v) is 6.09. The summed E-state index contributed by atoms with van der Waals surface area (Å²) in [4.78, 5) is 12.2. The number of ether oxygens (including phenoxy) is 1. The standard InChI is InChI=1S/C18H20N2O3S/c1-12(2)11-23-16-9-3-13(4-10-16)17(22)20-18(24)19-14-5-7-15(21)8-6-14/h3-10,12,21H,11H2,1-2H3,(H2,19,20,22,24). The first-order valence-electron chi connectivity index (χ1n) is 7.58. The van der Waals surface area contributed by atoms with Crippen LogP contribution in [0.15, 0.2) is 48.5 Å². The lowest BCUT2D eigenvalue weighted by Crippen LogP contribution is -2.34. The van der Waals surface area contributed by atoms with Gasteiger partial charge in [0.25, 0.3) is 5.91 Å². The van der Waals surface area contributed by atoms with E-state index in [-0.39, 0.29) is 16.8 Å². The summed E-state index contributed by atoms with van der Waals surface area (Å²) in [5, 5.41) is 14.9. The number of carbonyl (C=O) groups is 1. The van der Waals surface area contributed by atoms with Crippen molar-refractivity contribution in [1.29, 1.82) is 0 Å². The number of hydrogen-bond acceptors (Lipinski definition) is 4. The van der Waals surface area contributed by atoms with Crippen LogP contribution in [0.3, 0.4) is 0 Å². The average molecular weight is 344 g/mol. The summed E-state index contributed by atoms with van der Waals surface area (Å²) in [5.41, 5.74) is 1.16. The second-order valence-electron chi connectivity index (χ2n) is 5.68. The summed E-state index contributed by atoms with van der Waals surface area (Å²) < 4.78 is 5.58. The topological polar surface area (TPSA) is 70.6 Å². The molecule has 126 valence electrons. The molecule has 0 atom stereocenters. The van der Waals surface area contributed by atoms with E-state index in [1.807, 2.05) is 0 Å². The lowest BCUT2D eigenvalue weighted by molar-refractivity contribution is 0.0977. The van der Waals surface area contributed by atoms with Crippen LogP contribution in [0.2, 0.25) is 0 Å². The number of nitrogens with one attached hydrogen (secondary N) is 2. The summed E-state index contributed by atoms with van der Waals surface area (Å²) in [6.45, 7) is 4.78. The van der Waals surface area contributed by atoms with E-state index in [1.54, 1.807) is 36.4 Å². The smallest absolute Gasteiger partial charge is 0.257 e. The predicted molar refractivity (Wildman–Crippen MR) is 98.6 cm³/mol. The maximum absolute atomic E-state index is 12.2. The Kier molecular flexibility index (Phi) is 6.14. The molecule has 3 N–H and O–H groups in total. The first kappa shape index (κ1) is 17.7. The van der Waals surface area contributed by atoms with Gasteiger partial charge < -0.3 is 15.2 Å². The minimum Gasteiger partial charge on any atom is -0.508 e. The maximum atomic E-state index is 12.2. The van der Waals surface area contributed by atoms with Crippen LogP contribution in [0.25, 0.3) is 0 Å². The van der Waals surface area contributed by atoms with Gasteiger partial charge in [-0.2, -0.15) is 0 Å². The van der Waals surface area contributed by atoms with Crippen molar-refractivity contribution in [1.82, 2.24) is 5.32 Å².